The van der Waals surface area contributed by atoms with E-state index in [9.17, 15) is 13.2 Å². The molecule has 0 saturated carbocycles. The zero-order valence-electron chi connectivity index (χ0n) is 13.1. The fourth-order valence-corrected chi connectivity index (χ4v) is 4.68. The zero-order chi connectivity index (χ0) is 17.0. The van der Waals surface area contributed by atoms with Crippen LogP contribution in [-0.4, -0.2) is 43.1 Å². The Balaban J connectivity index is 1.67. The van der Waals surface area contributed by atoms with Crippen LogP contribution in [0.15, 0.2) is 40.7 Å². The van der Waals surface area contributed by atoms with Crippen LogP contribution >= 0.6 is 11.3 Å². The van der Waals surface area contributed by atoms with Crippen LogP contribution in [0.1, 0.15) is 29.6 Å². The highest BCUT2D eigenvalue weighted by atomic mass is 32.2. The molecule has 1 saturated heterocycles. The van der Waals surface area contributed by atoms with Crippen LogP contribution in [0.25, 0.3) is 0 Å². The van der Waals surface area contributed by atoms with Gasteiger partial charge in [0.15, 0.2) is 10.9 Å². The van der Waals surface area contributed by atoms with Crippen LogP contribution in [0.2, 0.25) is 0 Å². The lowest BCUT2D eigenvalue weighted by molar-refractivity contribution is 0.101. The number of nitrogens with one attached hydrogen (secondary N) is 1. The molecule has 1 fully saturated rings. The summed E-state index contributed by atoms with van der Waals surface area (Å²) in [4.78, 5) is 16.5. The number of carbonyl (C=O) groups is 1. The average molecular weight is 365 g/mol. The van der Waals surface area contributed by atoms with Gasteiger partial charge in [-0.2, -0.15) is 4.31 Å². The van der Waals surface area contributed by atoms with Crippen molar-refractivity contribution in [1.82, 2.24) is 9.29 Å². The number of thiazole rings is 1. The number of ketones is 1. The number of Topliss-reactive ketones (excluding diaryl/α,β-unsaturated/α-hetero) is 1. The largest absolute Gasteiger partial charge is 0.354 e. The van der Waals surface area contributed by atoms with Crippen molar-refractivity contribution in [3.63, 3.8) is 0 Å². The van der Waals surface area contributed by atoms with Gasteiger partial charge in [0.2, 0.25) is 10.0 Å². The third-order valence-electron chi connectivity index (χ3n) is 3.96. The molecule has 6 nitrogen and oxygen atoms in total. The van der Waals surface area contributed by atoms with E-state index in [-0.39, 0.29) is 17.2 Å². The summed E-state index contributed by atoms with van der Waals surface area (Å²) in [5.74, 6) is -0.105. The van der Waals surface area contributed by atoms with Gasteiger partial charge in [-0.25, -0.2) is 13.4 Å². The van der Waals surface area contributed by atoms with Crippen molar-refractivity contribution in [2.75, 3.05) is 25.0 Å². The molecule has 0 bridgehead atoms. The van der Waals surface area contributed by atoms with Crippen LogP contribution < -0.4 is 5.32 Å². The summed E-state index contributed by atoms with van der Waals surface area (Å²) in [6.45, 7) is 1.27. The molecule has 1 aromatic carbocycles. The molecule has 1 N–H and O–H groups in total. The minimum absolute atomic E-state index is 0.105. The average Bonchev–Trinajstić information content (AvgIpc) is 3.14. The summed E-state index contributed by atoms with van der Waals surface area (Å²) in [5.41, 5.74) is 0.483. The smallest absolute Gasteiger partial charge is 0.243 e. The summed E-state index contributed by atoms with van der Waals surface area (Å²) in [6.07, 6.45) is 4.54. The normalized spacial score (nSPS) is 16.0. The molecular formula is C16H19N3O3S2. The summed E-state index contributed by atoms with van der Waals surface area (Å²) in [6, 6.07) is 6.17. The fourth-order valence-electron chi connectivity index (χ4n) is 2.64. The monoisotopic (exact) mass is 365 g/mol. The number of anilines is 1. The molecule has 2 heterocycles. The van der Waals surface area contributed by atoms with Crippen molar-refractivity contribution in [2.24, 2.45) is 0 Å². The van der Waals surface area contributed by atoms with Gasteiger partial charge in [0.1, 0.15) is 0 Å². The van der Waals surface area contributed by atoms with E-state index in [2.05, 4.69) is 10.3 Å². The number of piperidine rings is 1. The van der Waals surface area contributed by atoms with Gasteiger partial charge in [-0.05, 0) is 37.1 Å². The topological polar surface area (TPSA) is 79.4 Å². The van der Waals surface area contributed by atoms with Crippen molar-refractivity contribution < 1.29 is 13.2 Å². The van der Waals surface area contributed by atoms with Crippen molar-refractivity contribution >= 4 is 32.3 Å². The van der Waals surface area contributed by atoms with E-state index < -0.39 is 10.0 Å². The molecule has 24 heavy (non-hydrogen) atoms. The molecule has 1 aliphatic rings. The van der Waals surface area contributed by atoms with E-state index in [1.54, 1.807) is 18.3 Å². The molecule has 0 aliphatic carbocycles. The SMILES string of the molecule is O=C(CNc1nccs1)c1ccc(S(=O)(=O)N2CCCCC2)cc1. The Labute approximate surface area is 145 Å². The Kier molecular flexibility index (Phi) is 5.27. The molecule has 0 atom stereocenters. The summed E-state index contributed by atoms with van der Waals surface area (Å²) in [5, 5.41) is 5.46. The van der Waals surface area contributed by atoms with Crippen molar-refractivity contribution in [1.29, 1.82) is 0 Å². The van der Waals surface area contributed by atoms with Gasteiger partial charge in [-0.3, -0.25) is 4.79 Å². The first kappa shape index (κ1) is 17.1. The second kappa shape index (κ2) is 7.42. The van der Waals surface area contributed by atoms with Crippen molar-refractivity contribution in [2.45, 2.75) is 24.2 Å². The number of carbonyl (C=O) groups excluding carboxylic acids is 1. The molecule has 0 radical (unpaired) electrons. The third kappa shape index (κ3) is 3.82. The van der Waals surface area contributed by atoms with Gasteiger partial charge >= 0.3 is 0 Å². The van der Waals surface area contributed by atoms with Crippen LogP contribution in [-0.2, 0) is 10.0 Å². The highest BCUT2D eigenvalue weighted by Crippen LogP contribution is 2.21. The number of nitrogens with zero attached hydrogens (tertiary/aromatic N) is 2. The van der Waals surface area contributed by atoms with Gasteiger partial charge < -0.3 is 5.32 Å². The van der Waals surface area contributed by atoms with Gasteiger partial charge in [0.25, 0.3) is 0 Å². The number of hydrogen-bond acceptors (Lipinski definition) is 6. The highest BCUT2D eigenvalue weighted by molar-refractivity contribution is 7.89. The lowest BCUT2D eigenvalue weighted by atomic mass is 10.1. The lowest BCUT2D eigenvalue weighted by Crippen LogP contribution is -2.35. The molecule has 0 spiro atoms. The second-order valence-corrected chi connectivity index (χ2v) is 8.44. The minimum atomic E-state index is -3.45. The molecule has 8 heteroatoms. The number of hydrogen-bond donors (Lipinski definition) is 1. The molecule has 0 unspecified atom stereocenters. The van der Waals surface area contributed by atoms with Gasteiger partial charge in [0, 0.05) is 30.2 Å². The van der Waals surface area contributed by atoms with E-state index in [1.807, 2.05) is 5.38 Å². The predicted octanol–water partition coefficient (Wildman–Crippen LogP) is 2.61. The van der Waals surface area contributed by atoms with Gasteiger partial charge in [-0.1, -0.05) is 6.42 Å². The Hall–Kier alpha value is -1.77. The maximum absolute atomic E-state index is 12.6. The summed E-state index contributed by atoms with van der Waals surface area (Å²) >= 11 is 1.42. The zero-order valence-corrected chi connectivity index (χ0v) is 14.8. The quantitative estimate of drug-likeness (QED) is 0.796. The van der Waals surface area contributed by atoms with E-state index in [0.717, 1.165) is 19.3 Å². The van der Waals surface area contributed by atoms with Crippen LogP contribution in [0.4, 0.5) is 5.13 Å². The number of rotatable bonds is 6. The van der Waals surface area contributed by atoms with E-state index in [1.165, 1.54) is 27.8 Å². The highest BCUT2D eigenvalue weighted by Gasteiger charge is 2.25. The standard InChI is InChI=1S/C16H19N3O3S2/c20-15(12-18-16-17-8-11-23-16)13-4-6-14(7-5-13)24(21,22)19-9-2-1-3-10-19/h4-8,11H,1-3,9-10,12H2,(H,17,18). The first-order chi connectivity index (χ1) is 11.6. The van der Waals surface area contributed by atoms with Crippen LogP contribution in [0, 0.1) is 0 Å². The molecule has 1 aromatic heterocycles. The molecule has 128 valence electrons. The van der Waals surface area contributed by atoms with Gasteiger partial charge in [-0.15, -0.1) is 11.3 Å². The molecule has 0 amide bonds. The Morgan fingerprint density at radius 2 is 1.88 bits per heavy atom. The predicted molar refractivity (Wildman–Crippen MR) is 94.0 cm³/mol. The molecule has 1 aliphatic heterocycles. The lowest BCUT2D eigenvalue weighted by Gasteiger charge is -2.25. The number of benzene rings is 1. The summed E-state index contributed by atoms with van der Waals surface area (Å²) < 4.78 is 26.7. The molecule has 3 rings (SSSR count). The van der Waals surface area contributed by atoms with Crippen molar-refractivity contribution in [3.05, 3.63) is 41.4 Å². The Morgan fingerprint density at radius 1 is 1.17 bits per heavy atom. The van der Waals surface area contributed by atoms with E-state index >= 15 is 0 Å². The Bertz CT molecular complexity index is 780. The van der Waals surface area contributed by atoms with Crippen molar-refractivity contribution in [3.8, 4) is 0 Å². The Morgan fingerprint density at radius 3 is 2.50 bits per heavy atom. The fraction of sp³-hybridized carbons (Fsp3) is 0.375. The summed E-state index contributed by atoms with van der Waals surface area (Å²) in [7, 11) is -3.45. The van der Waals surface area contributed by atoms with Gasteiger partial charge in [0.05, 0.1) is 11.4 Å². The first-order valence-corrected chi connectivity index (χ1v) is 10.2. The molecule has 2 aromatic rings. The maximum Gasteiger partial charge on any atom is 0.243 e. The third-order valence-corrected chi connectivity index (χ3v) is 6.61. The van der Waals surface area contributed by atoms with E-state index in [0.29, 0.717) is 23.8 Å². The minimum Gasteiger partial charge on any atom is -0.354 e. The van der Waals surface area contributed by atoms with Crippen LogP contribution in [0.3, 0.4) is 0 Å². The maximum atomic E-state index is 12.6. The molecular weight excluding hydrogens is 346 g/mol. The first-order valence-electron chi connectivity index (χ1n) is 7.84. The number of sulfonamides is 1. The van der Waals surface area contributed by atoms with E-state index in [4.69, 9.17) is 0 Å². The number of aromatic nitrogens is 1. The van der Waals surface area contributed by atoms with Crippen LogP contribution in [0.5, 0.6) is 0 Å². The second-order valence-electron chi connectivity index (χ2n) is 5.60.